The molecule has 1 atom stereocenters. The molecule has 92 valence electrons. The molecule has 0 aromatic heterocycles. The summed E-state index contributed by atoms with van der Waals surface area (Å²) in [5.74, 6) is 2.12. The molecule has 0 spiro atoms. The number of hydrogen-bond acceptors (Lipinski definition) is 5. The number of likely N-dealkylation sites (N-methyl/N-ethyl adjacent to an activating group) is 1. The van der Waals surface area contributed by atoms with Gasteiger partial charge in [0.15, 0.2) is 0 Å². The molecule has 0 aliphatic carbocycles. The number of carbonyl (C=O) groups is 1. The summed E-state index contributed by atoms with van der Waals surface area (Å²) in [6, 6.07) is -0.0154. The molecule has 2 aliphatic heterocycles. The lowest BCUT2D eigenvalue weighted by Crippen LogP contribution is -2.58. The van der Waals surface area contributed by atoms with E-state index in [2.05, 4.69) is 22.7 Å². The summed E-state index contributed by atoms with van der Waals surface area (Å²) in [4.78, 5) is 14.2. The number of carbonyl (C=O) groups excluding carboxylic acids is 1. The van der Waals surface area contributed by atoms with Crippen LogP contribution in [-0.4, -0.2) is 73.1 Å². The van der Waals surface area contributed by atoms with Crippen LogP contribution in [0.1, 0.15) is 0 Å². The summed E-state index contributed by atoms with van der Waals surface area (Å²) in [7, 11) is 2.11. The molecule has 2 fully saturated rings. The molecule has 1 unspecified atom stereocenters. The molecule has 5 nitrogen and oxygen atoms in total. The molecule has 0 saturated carbocycles. The summed E-state index contributed by atoms with van der Waals surface area (Å²) >= 11 is 1.84. The molecular formula is C10H20N4OS. The first-order valence-corrected chi connectivity index (χ1v) is 6.96. The standard InChI is InChI=1S/C10H20N4OS/c1-13-3-5-14(6-4-13)12-10(15)9-8-16-7-2-11-9/h9,11H,2-8H2,1H3,(H,12,15). The largest absolute Gasteiger partial charge is 0.304 e. The summed E-state index contributed by atoms with van der Waals surface area (Å²) in [6.45, 7) is 4.82. The third kappa shape index (κ3) is 3.35. The Morgan fingerprint density at radius 1 is 1.38 bits per heavy atom. The van der Waals surface area contributed by atoms with E-state index < -0.39 is 0 Å². The van der Waals surface area contributed by atoms with E-state index in [-0.39, 0.29) is 11.9 Å². The Labute approximate surface area is 101 Å². The third-order valence-corrected chi connectivity index (χ3v) is 4.07. The minimum absolute atomic E-state index is 0.0154. The van der Waals surface area contributed by atoms with E-state index in [9.17, 15) is 4.79 Å². The highest BCUT2D eigenvalue weighted by atomic mass is 32.2. The Morgan fingerprint density at radius 2 is 2.12 bits per heavy atom. The second-order valence-corrected chi connectivity index (χ2v) is 5.50. The molecule has 6 heteroatoms. The van der Waals surface area contributed by atoms with Gasteiger partial charge in [0.1, 0.15) is 0 Å². The fourth-order valence-corrected chi connectivity index (χ4v) is 2.82. The van der Waals surface area contributed by atoms with Gasteiger partial charge in [-0.3, -0.25) is 10.2 Å². The van der Waals surface area contributed by atoms with Gasteiger partial charge < -0.3 is 10.2 Å². The van der Waals surface area contributed by atoms with E-state index in [1.807, 2.05) is 16.8 Å². The van der Waals surface area contributed by atoms with Crippen LogP contribution in [0.3, 0.4) is 0 Å². The number of thioether (sulfide) groups is 1. The van der Waals surface area contributed by atoms with Crippen molar-refractivity contribution < 1.29 is 4.79 Å². The minimum atomic E-state index is -0.0154. The van der Waals surface area contributed by atoms with Crippen molar-refractivity contribution >= 4 is 17.7 Å². The molecule has 2 aliphatic rings. The lowest BCUT2D eigenvalue weighted by molar-refractivity contribution is -0.128. The quantitative estimate of drug-likeness (QED) is 0.650. The van der Waals surface area contributed by atoms with Crippen LogP contribution in [0.5, 0.6) is 0 Å². The maximum atomic E-state index is 11.9. The summed E-state index contributed by atoms with van der Waals surface area (Å²) in [5.41, 5.74) is 3.00. The zero-order chi connectivity index (χ0) is 11.4. The smallest absolute Gasteiger partial charge is 0.252 e. The molecule has 0 aromatic carbocycles. The van der Waals surface area contributed by atoms with E-state index in [1.54, 1.807) is 0 Å². The van der Waals surface area contributed by atoms with Crippen molar-refractivity contribution in [3.63, 3.8) is 0 Å². The van der Waals surface area contributed by atoms with Gasteiger partial charge in [0.25, 0.3) is 5.91 Å². The van der Waals surface area contributed by atoms with Gasteiger partial charge in [-0.25, -0.2) is 5.01 Å². The number of nitrogens with zero attached hydrogens (tertiary/aromatic N) is 2. The number of amides is 1. The highest BCUT2D eigenvalue weighted by Gasteiger charge is 2.23. The number of piperazine rings is 1. The van der Waals surface area contributed by atoms with Crippen molar-refractivity contribution in [3.05, 3.63) is 0 Å². The Bertz CT molecular complexity index is 237. The van der Waals surface area contributed by atoms with Gasteiger partial charge in [-0.1, -0.05) is 0 Å². The van der Waals surface area contributed by atoms with Crippen LogP contribution in [0.25, 0.3) is 0 Å². The topological polar surface area (TPSA) is 47.6 Å². The van der Waals surface area contributed by atoms with Gasteiger partial charge in [0.2, 0.25) is 0 Å². The Kier molecular flexibility index (Phi) is 4.45. The maximum absolute atomic E-state index is 11.9. The Balaban J connectivity index is 1.73. The van der Waals surface area contributed by atoms with E-state index in [1.165, 1.54) is 0 Å². The first kappa shape index (κ1) is 12.2. The average Bonchev–Trinajstić information content (AvgIpc) is 2.33. The van der Waals surface area contributed by atoms with Crippen molar-refractivity contribution in [3.8, 4) is 0 Å². The normalized spacial score (nSPS) is 28.9. The third-order valence-electron chi connectivity index (χ3n) is 3.01. The molecule has 2 N–H and O–H groups in total. The van der Waals surface area contributed by atoms with Crippen molar-refractivity contribution in [2.24, 2.45) is 0 Å². The minimum Gasteiger partial charge on any atom is -0.304 e. The lowest BCUT2D eigenvalue weighted by Gasteiger charge is -2.33. The van der Waals surface area contributed by atoms with Gasteiger partial charge in [0, 0.05) is 44.2 Å². The molecule has 0 bridgehead atoms. The fourth-order valence-electron chi connectivity index (χ4n) is 1.89. The lowest BCUT2D eigenvalue weighted by atomic mass is 10.3. The van der Waals surface area contributed by atoms with Crippen LogP contribution in [0.4, 0.5) is 0 Å². The molecule has 0 radical (unpaired) electrons. The van der Waals surface area contributed by atoms with Crippen LogP contribution < -0.4 is 10.7 Å². The van der Waals surface area contributed by atoms with Crippen LogP contribution >= 0.6 is 11.8 Å². The van der Waals surface area contributed by atoms with Crippen LogP contribution in [0.2, 0.25) is 0 Å². The zero-order valence-corrected chi connectivity index (χ0v) is 10.6. The number of hydrazine groups is 1. The molecule has 16 heavy (non-hydrogen) atoms. The van der Waals surface area contributed by atoms with Gasteiger partial charge in [-0.2, -0.15) is 11.8 Å². The van der Waals surface area contributed by atoms with Gasteiger partial charge >= 0.3 is 0 Å². The van der Waals surface area contributed by atoms with E-state index in [0.29, 0.717) is 0 Å². The molecule has 0 aromatic rings. The van der Waals surface area contributed by atoms with Crippen LogP contribution in [0, 0.1) is 0 Å². The molecule has 1 amide bonds. The molecule has 2 heterocycles. The predicted octanol–water partition coefficient (Wildman–Crippen LogP) is -1.03. The van der Waals surface area contributed by atoms with Crippen molar-refractivity contribution in [2.75, 3.05) is 51.3 Å². The van der Waals surface area contributed by atoms with Crippen molar-refractivity contribution in [2.45, 2.75) is 6.04 Å². The number of nitrogens with one attached hydrogen (secondary N) is 2. The van der Waals surface area contributed by atoms with Crippen molar-refractivity contribution in [1.82, 2.24) is 20.7 Å². The number of hydrogen-bond donors (Lipinski definition) is 2. The molecular weight excluding hydrogens is 224 g/mol. The predicted molar refractivity (Wildman–Crippen MR) is 66.3 cm³/mol. The number of rotatable bonds is 2. The van der Waals surface area contributed by atoms with Gasteiger partial charge in [-0.05, 0) is 7.05 Å². The SMILES string of the molecule is CN1CCN(NC(=O)C2CSCCN2)CC1. The Hall–Kier alpha value is -0.300. The molecule has 2 rings (SSSR count). The van der Waals surface area contributed by atoms with E-state index in [4.69, 9.17) is 0 Å². The molecule has 2 saturated heterocycles. The zero-order valence-electron chi connectivity index (χ0n) is 9.74. The van der Waals surface area contributed by atoms with E-state index in [0.717, 1.165) is 44.2 Å². The fraction of sp³-hybridized carbons (Fsp3) is 0.900. The van der Waals surface area contributed by atoms with E-state index >= 15 is 0 Å². The van der Waals surface area contributed by atoms with Crippen LogP contribution in [0.15, 0.2) is 0 Å². The van der Waals surface area contributed by atoms with Crippen LogP contribution in [-0.2, 0) is 4.79 Å². The first-order valence-electron chi connectivity index (χ1n) is 5.81. The monoisotopic (exact) mass is 244 g/mol. The summed E-state index contributed by atoms with van der Waals surface area (Å²) < 4.78 is 0. The first-order chi connectivity index (χ1) is 7.75. The second-order valence-electron chi connectivity index (χ2n) is 4.35. The Morgan fingerprint density at radius 3 is 2.75 bits per heavy atom. The highest BCUT2D eigenvalue weighted by molar-refractivity contribution is 7.99. The summed E-state index contributed by atoms with van der Waals surface area (Å²) in [5, 5.41) is 5.28. The van der Waals surface area contributed by atoms with Crippen molar-refractivity contribution in [1.29, 1.82) is 0 Å². The second kappa shape index (κ2) is 5.86. The van der Waals surface area contributed by atoms with Gasteiger partial charge in [0.05, 0.1) is 6.04 Å². The average molecular weight is 244 g/mol. The highest BCUT2D eigenvalue weighted by Crippen LogP contribution is 2.07. The summed E-state index contributed by atoms with van der Waals surface area (Å²) in [6.07, 6.45) is 0. The van der Waals surface area contributed by atoms with Gasteiger partial charge in [-0.15, -0.1) is 0 Å². The maximum Gasteiger partial charge on any atom is 0.252 e.